The van der Waals surface area contributed by atoms with Gasteiger partial charge in [-0.1, -0.05) is 12.1 Å². The number of benzene rings is 1. The summed E-state index contributed by atoms with van der Waals surface area (Å²) in [6.07, 6.45) is 0. The fraction of sp³-hybridized carbons (Fsp3) is 0.400. The van der Waals surface area contributed by atoms with Crippen LogP contribution in [-0.4, -0.2) is 13.2 Å². The Hall–Kier alpha value is -1.16. The molecule has 0 amide bonds. The molecular formula is C10H10F2O2. The van der Waals surface area contributed by atoms with E-state index in [1.807, 2.05) is 6.92 Å². The van der Waals surface area contributed by atoms with Gasteiger partial charge in [0.1, 0.15) is 11.4 Å². The highest BCUT2D eigenvalue weighted by molar-refractivity contribution is 5.32. The lowest BCUT2D eigenvalue weighted by atomic mass is 10.0. The molecule has 14 heavy (non-hydrogen) atoms. The van der Waals surface area contributed by atoms with Crippen LogP contribution in [0.15, 0.2) is 24.3 Å². The lowest BCUT2D eigenvalue weighted by Gasteiger charge is -2.07. The zero-order valence-electron chi connectivity index (χ0n) is 7.67. The first-order valence-corrected chi connectivity index (χ1v) is 4.29. The van der Waals surface area contributed by atoms with Crippen molar-refractivity contribution in [2.45, 2.75) is 19.1 Å². The summed E-state index contributed by atoms with van der Waals surface area (Å²) in [6.45, 7) is -0.133. The lowest BCUT2D eigenvalue weighted by molar-refractivity contribution is -0.0498. The molecule has 0 aliphatic carbocycles. The van der Waals surface area contributed by atoms with Crippen molar-refractivity contribution in [2.75, 3.05) is 6.61 Å². The maximum atomic E-state index is 11.8. The topological polar surface area (TPSA) is 21.8 Å². The molecule has 1 fully saturated rings. The third-order valence-corrected chi connectivity index (χ3v) is 2.27. The highest BCUT2D eigenvalue weighted by Crippen LogP contribution is 2.38. The molecule has 1 aromatic carbocycles. The molecule has 1 saturated heterocycles. The molecule has 0 saturated carbocycles. The Bertz CT molecular complexity index is 317. The van der Waals surface area contributed by atoms with E-state index in [9.17, 15) is 8.78 Å². The van der Waals surface area contributed by atoms with Crippen LogP contribution < -0.4 is 4.74 Å². The Balaban J connectivity index is 2.10. The van der Waals surface area contributed by atoms with Gasteiger partial charge in [0.05, 0.1) is 6.61 Å². The van der Waals surface area contributed by atoms with Crippen LogP contribution in [0, 0.1) is 0 Å². The molecule has 76 valence electrons. The van der Waals surface area contributed by atoms with E-state index in [1.165, 1.54) is 12.1 Å². The van der Waals surface area contributed by atoms with Crippen LogP contribution in [-0.2, 0) is 10.3 Å². The average molecular weight is 200 g/mol. The van der Waals surface area contributed by atoms with Crippen LogP contribution in [0.5, 0.6) is 5.75 Å². The minimum atomic E-state index is -2.77. The molecule has 0 bridgehead atoms. The first-order valence-electron chi connectivity index (χ1n) is 4.29. The van der Waals surface area contributed by atoms with Crippen molar-refractivity contribution in [3.63, 3.8) is 0 Å². The summed E-state index contributed by atoms with van der Waals surface area (Å²) in [4.78, 5) is 0. The van der Waals surface area contributed by atoms with Gasteiger partial charge in [0, 0.05) is 0 Å². The monoisotopic (exact) mass is 200 g/mol. The van der Waals surface area contributed by atoms with Crippen LogP contribution in [0.3, 0.4) is 0 Å². The van der Waals surface area contributed by atoms with Gasteiger partial charge < -0.3 is 9.47 Å². The van der Waals surface area contributed by atoms with Crippen LogP contribution in [0.1, 0.15) is 12.5 Å². The summed E-state index contributed by atoms with van der Waals surface area (Å²) in [7, 11) is 0. The second kappa shape index (κ2) is 3.20. The summed E-state index contributed by atoms with van der Waals surface area (Å²) in [5.74, 6) is 0.174. The quantitative estimate of drug-likeness (QED) is 0.699. The number of ether oxygens (including phenoxy) is 2. The van der Waals surface area contributed by atoms with Gasteiger partial charge in [0.25, 0.3) is 0 Å². The van der Waals surface area contributed by atoms with Crippen LogP contribution in [0.25, 0.3) is 0 Å². The van der Waals surface area contributed by atoms with Crippen molar-refractivity contribution in [1.29, 1.82) is 0 Å². The summed E-state index contributed by atoms with van der Waals surface area (Å²) >= 11 is 0. The summed E-state index contributed by atoms with van der Waals surface area (Å²) in [5, 5.41) is 0. The first kappa shape index (κ1) is 9.40. The molecule has 0 spiro atoms. The van der Waals surface area contributed by atoms with Gasteiger partial charge in [-0.3, -0.25) is 0 Å². The normalized spacial score (nSPS) is 25.1. The molecule has 2 nitrogen and oxygen atoms in total. The van der Waals surface area contributed by atoms with Crippen LogP contribution >= 0.6 is 0 Å². The highest BCUT2D eigenvalue weighted by atomic mass is 19.3. The van der Waals surface area contributed by atoms with E-state index in [2.05, 4.69) is 4.74 Å². The molecule has 1 unspecified atom stereocenters. The van der Waals surface area contributed by atoms with E-state index in [-0.39, 0.29) is 11.4 Å². The van der Waals surface area contributed by atoms with E-state index in [4.69, 9.17) is 4.74 Å². The zero-order chi connectivity index (χ0) is 10.2. The molecular weight excluding hydrogens is 190 g/mol. The molecule has 1 heterocycles. The summed E-state index contributed by atoms with van der Waals surface area (Å²) in [5.41, 5.74) is 0.766. The largest absolute Gasteiger partial charge is 0.435 e. The first-order chi connectivity index (χ1) is 6.60. The maximum Gasteiger partial charge on any atom is 0.387 e. The SMILES string of the molecule is CC1(c2ccc(OC(F)F)cc2)CO1. The standard InChI is InChI=1S/C10H10F2O2/c1-10(6-13-10)7-2-4-8(5-3-7)14-9(11)12/h2-5,9H,6H2,1H3. The van der Waals surface area contributed by atoms with Gasteiger partial charge in [0.2, 0.25) is 0 Å². The van der Waals surface area contributed by atoms with Crippen LogP contribution in [0.4, 0.5) is 8.78 Å². The maximum absolute atomic E-state index is 11.8. The average Bonchev–Trinajstić information content (AvgIpc) is 2.85. The number of epoxide rings is 1. The fourth-order valence-electron chi connectivity index (χ4n) is 1.26. The van der Waals surface area contributed by atoms with Gasteiger partial charge in [0.15, 0.2) is 0 Å². The van der Waals surface area contributed by atoms with E-state index < -0.39 is 6.61 Å². The predicted octanol–water partition coefficient (Wildman–Crippen LogP) is 2.53. The molecule has 2 rings (SSSR count). The Labute approximate surface area is 80.4 Å². The Kier molecular flexibility index (Phi) is 2.15. The van der Waals surface area contributed by atoms with E-state index in [1.54, 1.807) is 12.1 Å². The van der Waals surface area contributed by atoms with Gasteiger partial charge in [-0.15, -0.1) is 0 Å². The zero-order valence-corrected chi connectivity index (χ0v) is 7.67. The van der Waals surface area contributed by atoms with Gasteiger partial charge in [-0.2, -0.15) is 8.78 Å². The number of alkyl halides is 2. The van der Waals surface area contributed by atoms with Crippen molar-refractivity contribution >= 4 is 0 Å². The Morgan fingerprint density at radius 3 is 2.36 bits per heavy atom. The van der Waals surface area contributed by atoms with Crippen molar-refractivity contribution in [3.8, 4) is 5.75 Å². The second-order valence-electron chi connectivity index (χ2n) is 3.42. The van der Waals surface area contributed by atoms with E-state index in [0.717, 1.165) is 5.56 Å². The minimum absolute atomic E-state index is 0.174. The summed E-state index contributed by atoms with van der Waals surface area (Å²) < 4.78 is 33.1. The third kappa shape index (κ3) is 1.85. The molecule has 0 N–H and O–H groups in total. The molecule has 1 atom stereocenters. The molecule has 0 aromatic heterocycles. The van der Waals surface area contributed by atoms with Crippen LogP contribution in [0.2, 0.25) is 0 Å². The van der Waals surface area contributed by atoms with Gasteiger partial charge in [-0.25, -0.2) is 0 Å². The molecule has 1 aliphatic heterocycles. The third-order valence-electron chi connectivity index (χ3n) is 2.27. The highest BCUT2D eigenvalue weighted by Gasteiger charge is 2.40. The fourth-order valence-corrected chi connectivity index (χ4v) is 1.26. The van der Waals surface area contributed by atoms with Crippen molar-refractivity contribution in [2.24, 2.45) is 0 Å². The number of rotatable bonds is 3. The molecule has 0 radical (unpaired) electrons. The van der Waals surface area contributed by atoms with E-state index >= 15 is 0 Å². The number of halogens is 2. The lowest BCUT2D eigenvalue weighted by Crippen LogP contribution is -2.04. The minimum Gasteiger partial charge on any atom is -0.435 e. The number of hydrogen-bond donors (Lipinski definition) is 0. The molecule has 1 aromatic rings. The van der Waals surface area contributed by atoms with Crippen molar-refractivity contribution < 1.29 is 18.3 Å². The summed E-state index contributed by atoms with van der Waals surface area (Å²) in [6, 6.07) is 6.53. The second-order valence-corrected chi connectivity index (χ2v) is 3.42. The smallest absolute Gasteiger partial charge is 0.387 e. The molecule has 1 aliphatic rings. The molecule has 4 heteroatoms. The number of hydrogen-bond acceptors (Lipinski definition) is 2. The van der Waals surface area contributed by atoms with Crippen molar-refractivity contribution in [3.05, 3.63) is 29.8 Å². The van der Waals surface area contributed by atoms with Crippen molar-refractivity contribution in [1.82, 2.24) is 0 Å². The predicted molar refractivity (Wildman–Crippen MR) is 46.4 cm³/mol. The van der Waals surface area contributed by atoms with Gasteiger partial charge >= 0.3 is 6.61 Å². The Morgan fingerprint density at radius 1 is 1.36 bits per heavy atom. The van der Waals surface area contributed by atoms with Gasteiger partial charge in [-0.05, 0) is 24.6 Å². The Morgan fingerprint density at radius 2 is 1.93 bits per heavy atom. The van der Waals surface area contributed by atoms with E-state index in [0.29, 0.717) is 6.61 Å².